The van der Waals surface area contributed by atoms with Gasteiger partial charge in [0.15, 0.2) is 0 Å². The molecule has 0 bridgehead atoms. The Balaban J connectivity index is 1.81. The minimum Gasteiger partial charge on any atom is -0.496 e. The fourth-order valence-electron chi connectivity index (χ4n) is 2.73. The number of methoxy groups -OCH3 is 1. The second-order valence-corrected chi connectivity index (χ2v) is 5.30. The van der Waals surface area contributed by atoms with Gasteiger partial charge in [-0.25, -0.2) is 0 Å². The standard InChI is InChI=1S/C18H17N3O3/c1-24-18-5-3-2-4-13(18)8-11-20-16-6-7-17(21(22)23)15-12-19-10-9-14(15)16/h2-7,9-10,12,20H,8,11H2,1H3. The third-order valence-electron chi connectivity index (χ3n) is 3.89. The molecule has 6 nitrogen and oxygen atoms in total. The van der Waals surface area contributed by atoms with Gasteiger partial charge in [0, 0.05) is 36.1 Å². The molecule has 0 aliphatic carbocycles. The van der Waals surface area contributed by atoms with Crippen LogP contribution < -0.4 is 10.1 Å². The molecular formula is C18H17N3O3. The van der Waals surface area contributed by atoms with Crippen molar-refractivity contribution in [2.24, 2.45) is 0 Å². The normalized spacial score (nSPS) is 10.5. The molecule has 1 heterocycles. The lowest BCUT2D eigenvalue weighted by atomic mass is 10.1. The average Bonchev–Trinajstić information content (AvgIpc) is 2.62. The Hall–Kier alpha value is -3.15. The Kier molecular flexibility index (Phi) is 4.56. The zero-order chi connectivity index (χ0) is 16.9. The summed E-state index contributed by atoms with van der Waals surface area (Å²) in [6.07, 6.45) is 3.95. The minimum atomic E-state index is -0.386. The first kappa shape index (κ1) is 15.7. The van der Waals surface area contributed by atoms with Crippen LogP contribution in [0.1, 0.15) is 5.56 Å². The zero-order valence-corrected chi connectivity index (χ0v) is 13.2. The van der Waals surface area contributed by atoms with Crippen LogP contribution in [-0.2, 0) is 6.42 Å². The lowest BCUT2D eigenvalue weighted by molar-refractivity contribution is -0.383. The van der Waals surface area contributed by atoms with Gasteiger partial charge in [-0.05, 0) is 30.2 Å². The average molecular weight is 323 g/mol. The maximum absolute atomic E-state index is 11.1. The summed E-state index contributed by atoms with van der Waals surface area (Å²) in [5, 5.41) is 15.8. The number of benzene rings is 2. The van der Waals surface area contributed by atoms with Gasteiger partial charge < -0.3 is 10.1 Å². The number of nitro benzene ring substituents is 1. The Labute approximate surface area is 139 Å². The lowest BCUT2D eigenvalue weighted by Crippen LogP contribution is -2.06. The van der Waals surface area contributed by atoms with E-state index < -0.39 is 0 Å². The van der Waals surface area contributed by atoms with Gasteiger partial charge in [-0.1, -0.05) is 18.2 Å². The Morgan fingerprint density at radius 3 is 2.79 bits per heavy atom. The number of para-hydroxylation sites is 1. The fourth-order valence-corrected chi connectivity index (χ4v) is 2.73. The quantitative estimate of drug-likeness (QED) is 0.551. The summed E-state index contributed by atoms with van der Waals surface area (Å²) in [6, 6.07) is 12.9. The van der Waals surface area contributed by atoms with Crippen molar-refractivity contribution in [1.29, 1.82) is 0 Å². The molecule has 1 N–H and O–H groups in total. The summed E-state index contributed by atoms with van der Waals surface area (Å²) in [6.45, 7) is 0.690. The Morgan fingerprint density at radius 2 is 2.00 bits per heavy atom. The molecule has 3 rings (SSSR count). The molecule has 0 saturated carbocycles. The van der Waals surface area contributed by atoms with E-state index in [4.69, 9.17) is 4.74 Å². The fraction of sp³-hybridized carbons (Fsp3) is 0.167. The van der Waals surface area contributed by atoms with E-state index in [2.05, 4.69) is 10.3 Å². The third-order valence-corrected chi connectivity index (χ3v) is 3.89. The predicted molar refractivity (Wildman–Crippen MR) is 93.6 cm³/mol. The van der Waals surface area contributed by atoms with Gasteiger partial charge in [0.25, 0.3) is 5.69 Å². The topological polar surface area (TPSA) is 77.3 Å². The van der Waals surface area contributed by atoms with Crippen LogP contribution in [0.25, 0.3) is 10.8 Å². The highest BCUT2D eigenvalue weighted by molar-refractivity contribution is 5.99. The van der Waals surface area contributed by atoms with Crippen molar-refractivity contribution in [3.8, 4) is 5.75 Å². The summed E-state index contributed by atoms with van der Waals surface area (Å²) in [7, 11) is 1.66. The number of anilines is 1. The summed E-state index contributed by atoms with van der Waals surface area (Å²) in [5.74, 6) is 0.858. The maximum Gasteiger partial charge on any atom is 0.278 e. The number of hydrogen-bond acceptors (Lipinski definition) is 5. The molecule has 122 valence electrons. The van der Waals surface area contributed by atoms with Gasteiger partial charge in [-0.2, -0.15) is 0 Å². The molecule has 1 aromatic heterocycles. The minimum absolute atomic E-state index is 0.0633. The van der Waals surface area contributed by atoms with Crippen LogP contribution in [0.5, 0.6) is 5.75 Å². The second-order valence-electron chi connectivity index (χ2n) is 5.30. The molecular weight excluding hydrogens is 306 g/mol. The van der Waals surface area contributed by atoms with Crippen LogP contribution >= 0.6 is 0 Å². The first-order valence-electron chi connectivity index (χ1n) is 7.57. The van der Waals surface area contributed by atoms with Gasteiger partial charge in [-0.3, -0.25) is 15.1 Å². The monoisotopic (exact) mass is 323 g/mol. The maximum atomic E-state index is 11.1. The van der Waals surface area contributed by atoms with Crippen molar-refractivity contribution in [2.75, 3.05) is 19.0 Å². The van der Waals surface area contributed by atoms with E-state index in [1.165, 1.54) is 12.3 Å². The van der Waals surface area contributed by atoms with Gasteiger partial charge >= 0.3 is 0 Å². The van der Waals surface area contributed by atoms with Crippen LogP contribution in [0.2, 0.25) is 0 Å². The van der Waals surface area contributed by atoms with E-state index in [1.54, 1.807) is 25.4 Å². The molecule has 0 atom stereocenters. The van der Waals surface area contributed by atoms with Crippen LogP contribution in [0.4, 0.5) is 11.4 Å². The molecule has 2 aromatic carbocycles. The number of pyridine rings is 1. The number of nitro groups is 1. The van der Waals surface area contributed by atoms with E-state index in [1.807, 2.05) is 24.3 Å². The van der Waals surface area contributed by atoms with Crippen molar-refractivity contribution >= 4 is 22.1 Å². The highest BCUT2D eigenvalue weighted by Gasteiger charge is 2.14. The van der Waals surface area contributed by atoms with Crippen LogP contribution in [0, 0.1) is 10.1 Å². The number of aromatic nitrogens is 1. The Bertz CT molecular complexity index is 880. The van der Waals surface area contributed by atoms with Gasteiger partial charge in [0.1, 0.15) is 5.75 Å². The second kappa shape index (κ2) is 6.95. The van der Waals surface area contributed by atoms with Crippen molar-refractivity contribution in [3.05, 3.63) is 70.5 Å². The van der Waals surface area contributed by atoms with Gasteiger partial charge in [-0.15, -0.1) is 0 Å². The van der Waals surface area contributed by atoms with Crippen LogP contribution in [-0.4, -0.2) is 23.6 Å². The van der Waals surface area contributed by atoms with E-state index in [9.17, 15) is 10.1 Å². The van der Waals surface area contributed by atoms with Gasteiger partial charge in [0.2, 0.25) is 0 Å². The largest absolute Gasteiger partial charge is 0.496 e. The number of ether oxygens (including phenoxy) is 1. The molecule has 0 amide bonds. The lowest BCUT2D eigenvalue weighted by Gasteiger charge is -2.11. The van der Waals surface area contributed by atoms with Crippen LogP contribution in [0.15, 0.2) is 54.9 Å². The molecule has 0 saturated heterocycles. The molecule has 0 unspecified atom stereocenters. The summed E-state index contributed by atoms with van der Waals surface area (Å²) in [5.41, 5.74) is 2.03. The smallest absolute Gasteiger partial charge is 0.278 e. The zero-order valence-electron chi connectivity index (χ0n) is 13.2. The molecule has 0 spiro atoms. The number of hydrogen-bond donors (Lipinski definition) is 1. The number of non-ortho nitro benzene ring substituents is 1. The van der Waals surface area contributed by atoms with Crippen molar-refractivity contribution in [2.45, 2.75) is 6.42 Å². The van der Waals surface area contributed by atoms with Gasteiger partial charge in [0.05, 0.1) is 17.4 Å². The molecule has 24 heavy (non-hydrogen) atoms. The summed E-state index contributed by atoms with van der Waals surface area (Å²) >= 11 is 0. The van der Waals surface area contributed by atoms with E-state index in [0.29, 0.717) is 11.9 Å². The molecule has 0 radical (unpaired) electrons. The highest BCUT2D eigenvalue weighted by atomic mass is 16.6. The number of nitrogens with zero attached hydrogens (tertiary/aromatic N) is 2. The van der Waals surface area contributed by atoms with E-state index in [0.717, 1.165) is 28.8 Å². The van der Waals surface area contributed by atoms with E-state index in [-0.39, 0.29) is 10.6 Å². The number of rotatable bonds is 6. The molecule has 0 fully saturated rings. The van der Waals surface area contributed by atoms with Crippen molar-refractivity contribution in [3.63, 3.8) is 0 Å². The highest BCUT2D eigenvalue weighted by Crippen LogP contribution is 2.30. The SMILES string of the molecule is COc1ccccc1CCNc1ccc([N+](=O)[O-])c2cnccc12. The Morgan fingerprint density at radius 1 is 1.17 bits per heavy atom. The molecule has 0 aliphatic rings. The van der Waals surface area contributed by atoms with E-state index >= 15 is 0 Å². The molecule has 3 aromatic rings. The first-order chi connectivity index (χ1) is 11.7. The predicted octanol–water partition coefficient (Wildman–Crippen LogP) is 3.81. The summed E-state index contributed by atoms with van der Waals surface area (Å²) in [4.78, 5) is 14.8. The van der Waals surface area contributed by atoms with Crippen molar-refractivity contribution < 1.29 is 9.66 Å². The first-order valence-corrected chi connectivity index (χ1v) is 7.57. The molecule has 6 heteroatoms. The van der Waals surface area contributed by atoms with Crippen molar-refractivity contribution in [1.82, 2.24) is 4.98 Å². The number of nitrogens with one attached hydrogen (secondary N) is 1. The molecule has 0 aliphatic heterocycles. The number of fused-ring (bicyclic) bond motifs is 1. The third kappa shape index (κ3) is 3.12. The van der Waals surface area contributed by atoms with Crippen LogP contribution in [0.3, 0.4) is 0 Å². The summed E-state index contributed by atoms with van der Waals surface area (Å²) < 4.78 is 5.35.